The van der Waals surface area contributed by atoms with Crippen LogP contribution in [0.2, 0.25) is 0 Å². The number of nitrogens with one attached hydrogen (secondary N) is 1. The van der Waals surface area contributed by atoms with E-state index in [1.54, 1.807) is 0 Å². The summed E-state index contributed by atoms with van der Waals surface area (Å²) in [5.41, 5.74) is -5.46. The summed E-state index contributed by atoms with van der Waals surface area (Å²) in [6, 6.07) is 3.02. The number of hydrogen-bond donors (Lipinski definition) is 2. The number of benzene rings is 2. The first-order valence-electron chi connectivity index (χ1n) is 10.7. The quantitative estimate of drug-likeness (QED) is 0.542. The largest absolute Gasteiger partial charge is 0.480 e. The number of hydrazone groups is 1. The van der Waals surface area contributed by atoms with Crippen LogP contribution in [-0.2, 0) is 27.2 Å². The molecule has 2 aliphatic rings. The molecule has 0 saturated carbocycles. The van der Waals surface area contributed by atoms with Gasteiger partial charge in [-0.1, -0.05) is 6.07 Å². The topological polar surface area (TPSA) is 119 Å². The van der Waals surface area contributed by atoms with Crippen molar-refractivity contribution in [1.82, 2.24) is 5.01 Å². The summed E-state index contributed by atoms with van der Waals surface area (Å²) < 4.78 is 104. The molecule has 2 aromatic carbocycles. The van der Waals surface area contributed by atoms with Crippen molar-refractivity contribution in [2.24, 2.45) is 10.5 Å². The number of alkyl halides is 6. The first kappa shape index (κ1) is 27.2. The number of carboxylic acids is 1. The number of fused-ring (bicyclic) bond motifs is 3. The molecule has 2 atom stereocenters. The number of anilines is 2. The van der Waals surface area contributed by atoms with Crippen LogP contribution < -0.4 is 9.62 Å². The monoisotopic (exact) mass is 564 g/mol. The third kappa shape index (κ3) is 4.41. The Labute approximate surface area is 211 Å². The van der Waals surface area contributed by atoms with Crippen LogP contribution in [0.1, 0.15) is 23.6 Å². The number of aliphatic carboxylic acids is 1. The zero-order valence-corrected chi connectivity index (χ0v) is 20.2. The molecule has 16 heteroatoms. The van der Waals surface area contributed by atoms with Crippen LogP contribution in [0.4, 0.5) is 42.5 Å². The Hall–Kier alpha value is -3.82. The van der Waals surface area contributed by atoms with Gasteiger partial charge in [0.05, 0.1) is 41.4 Å². The number of rotatable bonds is 3. The van der Waals surface area contributed by atoms with Crippen LogP contribution in [0.3, 0.4) is 0 Å². The van der Waals surface area contributed by atoms with E-state index in [9.17, 15) is 49.5 Å². The molecular weight excluding hydrogens is 546 g/mol. The maximum atomic E-state index is 13.4. The molecule has 2 aromatic rings. The van der Waals surface area contributed by atoms with Crippen LogP contribution >= 0.6 is 0 Å². The third-order valence-corrected chi connectivity index (χ3v) is 7.53. The van der Waals surface area contributed by atoms with Crippen LogP contribution in [0.15, 0.2) is 47.6 Å². The standard InChI is InChI=1S/C22H18F6N4O5S/c1-11-20(18(33)34)10-31(38(2,36)37)16-9-13(22(26,27)28)5-8-15(16)17(20)30-32(11)19(35)29-14-6-3-12(4-7-14)21(23,24)25/h3-9,11H,10H2,1-2H3,(H,29,35)(H,33,34). The molecule has 0 bridgehead atoms. The van der Waals surface area contributed by atoms with Crippen LogP contribution in [-0.4, -0.2) is 55.1 Å². The Kier molecular flexibility index (Phi) is 6.17. The van der Waals surface area contributed by atoms with Gasteiger partial charge in [0.15, 0.2) is 5.41 Å². The SMILES string of the molecule is CC1N(C(=O)Nc2ccc(C(F)(F)F)cc2)N=C2c3ccc(C(F)(F)F)cc3N(S(C)(=O)=O)CC21C(=O)O. The second-order valence-electron chi connectivity index (χ2n) is 8.75. The average Bonchev–Trinajstić information content (AvgIpc) is 3.10. The molecule has 0 fully saturated rings. The first-order valence-corrected chi connectivity index (χ1v) is 12.5. The van der Waals surface area contributed by atoms with E-state index in [2.05, 4.69) is 10.4 Å². The highest BCUT2D eigenvalue weighted by molar-refractivity contribution is 7.92. The average molecular weight is 564 g/mol. The number of carboxylic acid groups (broad SMARTS) is 1. The Morgan fingerprint density at radius 2 is 1.58 bits per heavy atom. The summed E-state index contributed by atoms with van der Waals surface area (Å²) in [6.45, 7) is 0.395. The predicted molar refractivity (Wildman–Crippen MR) is 122 cm³/mol. The maximum Gasteiger partial charge on any atom is 0.416 e. The minimum absolute atomic E-state index is 0.0809. The van der Waals surface area contributed by atoms with Gasteiger partial charge in [-0.3, -0.25) is 9.10 Å². The number of carbonyl (C=O) groups is 2. The minimum Gasteiger partial charge on any atom is -0.480 e. The fraction of sp³-hybridized carbons (Fsp3) is 0.318. The first-order chi connectivity index (χ1) is 17.4. The van der Waals surface area contributed by atoms with Crippen molar-refractivity contribution >= 4 is 39.1 Å². The molecule has 0 spiro atoms. The van der Waals surface area contributed by atoms with Crippen LogP contribution in [0.25, 0.3) is 0 Å². The van der Waals surface area contributed by atoms with Gasteiger partial charge >= 0.3 is 24.4 Å². The molecular formula is C22H18F6N4O5S. The number of halogens is 6. The van der Waals surface area contributed by atoms with Gasteiger partial charge in [-0.25, -0.2) is 18.2 Å². The van der Waals surface area contributed by atoms with E-state index in [1.165, 1.54) is 6.92 Å². The Morgan fingerprint density at radius 1 is 1.03 bits per heavy atom. The lowest BCUT2D eigenvalue weighted by molar-refractivity contribution is -0.146. The highest BCUT2D eigenvalue weighted by Gasteiger charge is 2.61. The summed E-state index contributed by atoms with van der Waals surface area (Å²) in [4.78, 5) is 25.6. The summed E-state index contributed by atoms with van der Waals surface area (Å²) >= 11 is 0. The van der Waals surface area contributed by atoms with Crippen molar-refractivity contribution in [3.63, 3.8) is 0 Å². The molecule has 0 radical (unpaired) electrons. The number of urea groups is 1. The van der Waals surface area contributed by atoms with E-state index in [-0.39, 0.29) is 17.0 Å². The molecule has 0 aliphatic carbocycles. The van der Waals surface area contributed by atoms with E-state index in [0.717, 1.165) is 18.2 Å². The lowest BCUT2D eigenvalue weighted by Gasteiger charge is -2.41. The fourth-order valence-corrected chi connectivity index (χ4v) is 5.35. The number of amides is 2. The van der Waals surface area contributed by atoms with Gasteiger partial charge in [-0.2, -0.15) is 31.4 Å². The number of nitrogens with zero attached hydrogens (tertiary/aromatic N) is 3. The predicted octanol–water partition coefficient (Wildman–Crippen LogP) is 4.22. The van der Waals surface area contributed by atoms with Crippen LogP contribution in [0.5, 0.6) is 0 Å². The van der Waals surface area contributed by atoms with Crippen molar-refractivity contribution in [1.29, 1.82) is 0 Å². The van der Waals surface area contributed by atoms with Crippen molar-refractivity contribution in [2.75, 3.05) is 22.4 Å². The molecule has 2 heterocycles. The third-order valence-electron chi connectivity index (χ3n) is 6.41. The van der Waals surface area contributed by atoms with Crippen molar-refractivity contribution < 1.29 is 49.5 Å². The molecule has 2 N–H and O–H groups in total. The summed E-state index contributed by atoms with van der Waals surface area (Å²) in [6.07, 6.45) is -8.76. The Bertz CT molecular complexity index is 1460. The van der Waals surface area contributed by atoms with E-state index in [0.29, 0.717) is 39.8 Å². The van der Waals surface area contributed by atoms with Gasteiger partial charge in [0, 0.05) is 11.3 Å². The van der Waals surface area contributed by atoms with Crippen molar-refractivity contribution in [3.05, 3.63) is 59.2 Å². The highest BCUT2D eigenvalue weighted by Crippen LogP contribution is 2.47. The van der Waals surface area contributed by atoms with Crippen molar-refractivity contribution in [3.8, 4) is 0 Å². The number of hydrogen-bond acceptors (Lipinski definition) is 5. The van der Waals surface area contributed by atoms with Gasteiger partial charge in [-0.15, -0.1) is 0 Å². The second kappa shape index (κ2) is 8.61. The molecule has 0 saturated heterocycles. The normalized spacial score (nSPS) is 21.5. The Balaban J connectivity index is 1.79. The molecule has 0 aromatic heterocycles. The zero-order valence-electron chi connectivity index (χ0n) is 19.4. The highest BCUT2D eigenvalue weighted by atomic mass is 32.2. The minimum atomic E-state index is -4.84. The number of carbonyl (C=O) groups excluding carboxylic acids is 1. The molecule has 2 aliphatic heterocycles. The van der Waals surface area contributed by atoms with E-state index < -0.39 is 69.2 Å². The lowest BCUT2D eigenvalue weighted by Crippen LogP contribution is -2.59. The zero-order chi connectivity index (χ0) is 28.4. The second-order valence-corrected chi connectivity index (χ2v) is 10.7. The Morgan fingerprint density at radius 3 is 2.08 bits per heavy atom. The summed E-state index contributed by atoms with van der Waals surface area (Å²) in [7, 11) is -4.30. The molecule has 204 valence electrons. The molecule has 38 heavy (non-hydrogen) atoms. The van der Waals surface area contributed by atoms with Gasteiger partial charge in [0.2, 0.25) is 10.0 Å². The van der Waals surface area contributed by atoms with E-state index in [1.807, 2.05) is 0 Å². The summed E-state index contributed by atoms with van der Waals surface area (Å²) in [5, 5.41) is 17.2. The van der Waals surface area contributed by atoms with Gasteiger partial charge in [0.1, 0.15) is 0 Å². The summed E-state index contributed by atoms with van der Waals surface area (Å²) in [5.74, 6) is -1.59. The number of sulfonamides is 1. The van der Waals surface area contributed by atoms with Crippen molar-refractivity contribution in [2.45, 2.75) is 25.3 Å². The smallest absolute Gasteiger partial charge is 0.416 e. The molecule has 4 rings (SSSR count). The van der Waals surface area contributed by atoms with Gasteiger partial charge < -0.3 is 10.4 Å². The maximum absolute atomic E-state index is 13.4. The van der Waals surface area contributed by atoms with Crippen LogP contribution in [0, 0.1) is 5.41 Å². The fourth-order valence-electron chi connectivity index (χ4n) is 4.41. The van der Waals surface area contributed by atoms with E-state index in [4.69, 9.17) is 0 Å². The van der Waals surface area contributed by atoms with Gasteiger partial charge in [-0.05, 0) is 43.3 Å². The molecule has 2 amide bonds. The van der Waals surface area contributed by atoms with Gasteiger partial charge in [0.25, 0.3) is 0 Å². The van der Waals surface area contributed by atoms with E-state index >= 15 is 0 Å². The lowest BCUT2D eigenvalue weighted by atomic mass is 9.72. The molecule has 2 unspecified atom stereocenters. The molecule has 9 nitrogen and oxygen atoms in total.